The van der Waals surface area contributed by atoms with Crippen molar-refractivity contribution in [2.75, 3.05) is 6.54 Å². The van der Waals surface area contributed by atoms with Crippen LogP contribution in [-0.2, 0) is 6.42 Å². The van der Waals surface area contributed by atoms with Crippen LogP contribution in [0.15, 0.2) is 65.8 Å². The van der Waals surface area contributed by atoms with Crippen LogP contribution in [0.1, 0.15) is 23.8 Å². The second-order valence-electron chi connectivity index (χ2n) is 4.41. The van der Waals surface area contributed by atoms with E-state index in [2.05, 4.69) is 42.2 Å². The average molecular weight is 242 g/mol. The number of nitrogens with two attached hydrogens (primary N) is 1. The molecule has 2 rings (SSSR count). The fourth-order valence-corrected chi connectivity index (χ4v) is 2.11. The molecule has 2 nitrogen and oxygen atoms in total. The van der Waals surface area contributed by atoms with E-state index < -0.39 is 0 Å². The minimum Gasteiger partial charge on any atom is -0.463 e. The van der Waals surface area contributed by atoms with E-state index in [9.17, 15) is 0 Å². The standard InChI is InChI=1S/C16H19NO/c1-2-7-15(16-10-6-13-18-16)17-12-11-14-8-4-3-5-9-14/h2-6,8-10,13,15,17H,1,7,11-12H2/p+1. The van der Waals surface area contributed by atoms with E-state index in [1.54, 1.807) is 6.26 Å². The van der Waals surface area contributed by atoms with Crippen LogP contribution in [0.3, 0.4) is 0 Å². The Kier molecular flexibility index (Phi) is 4.79. The zero-order chi connectivity index (χ0) is 12.6. The van der Waals surface area contributed by atoms with Gasteiger partial charge in [-0.05, 0) is 17.7 Å². The summed E-state index contributed by atoms with van der Waals surface area (Å²) in [7, 11) is 0. The van der Waals surface area contributed by atoms with Gasteiger partial charge in [-0.3, -0.25) is 0 Å². The van der Waals surface area contributed by atoms with E-state index in [0.29, 0.717) is 6.04 Å². The number of hydrogen-bond donors (Lipinski definition) is 1. The van der Waals surface area contributed by atoms with Crippen molar-refractivity contribution in [2.24, 2.45) is 0 Å². The van der Waals surface area contributed by atoms with Gasteiger partial charge in [0.2, 0.25) is 0 Å². The normalized spacial score (nSPS) is 12.2. The van der Waals surface area contributed by atoms with Crippen molar-refractivity contribution in [3.05, 3.63) is 72.7 Å². The molecule has 0 aliphatic rings. The number of rotatable bonds is 7. The molecular weight excluding hydrogens is 222 g/mol. The van der Waals surface area contributed by atoms with Gasteiger partial charge >= 0.3 is 0 Å². The van der Waals surface area contributed by atoms with Crippen LogP contribution in [0, 0.1) is 0 Å². The molecule has 2 aromatic rings. The van der Waals surface area contributed by atoms with Gasteiger partial charge in [0.1, 0.15) is 6.04 Å². The average Bonchev–Trinajstić information content (AvgIpc) is 2.93. The van der Waals surface area contributed by atoms with Crippen LogP contribution >= 0.6 is 0 Å². The highest BCUT2D eigenvalue weighted by Gasteiger charge is 2.15. The summed E-state index contributed by atoms with van der Waals surface area (Å²) in [6, 6.07) is 14.9. The highest BCUT2D eigenvalue weighted by Crippen LogP contribution is 2.13. The second kappa shape index (κ2) is 6.82. The van der Waals surface area contributed by atoms with Gasteiger partial charge in [-0.2, -0.15) is 0 Å². The number of benzene rings is 1. The first-order valence-corrected chi connectivity index (χ1v) is 6.41. The SMILES string of the molecule is C=CCC([NH2+]CCc1ccccc1)c1ccco1. The first kappa shape index (κ1) is 12.7. The summed E-state index contributed by atoms with van der Waals surface area (Å²) in [6.07, 6.45) is 5.69. The number of quaternary nitrogens is 1. The Balaban J connectivity index is 1.85. The zero-order valence-corrected chi connectivity index (χ0v) is 10.6. The lowest BCUT2D eigenvalue weighted by Gasteiger charge is -2.11. The summed E-state index contributed by atoms with van der Waals surface area (Å²) in [5.41, 5.74) is 1.38. The van der Waals surface area contributed by atoms with Crippen molar-refractivity contribution in [2.45, 2.75) is 18.9 Å². The summed E-state index contributed by atoms with van der Waals surface area (Å²) < 4.78 is 5.47. The van der Waals surface area contributed by atoms with E-state index in [-0.39, 0.29) is 0 Å². The molecule has 2 N–H and O–H groups in total. The summed E-state index contributed by atoms with van der Waals surface area (Å²) in [4.78, 5) is 0. The van der Waals surface area contributed by atoms with E-state index in [4.69, 9.17) is 4.42 Å². The Morgan fingerprint density at radius 2 is 2.00 bits per heavy atom. The first-order valence-electron chi connectivity index (χ1n) is 6.41. The van der Waals surface area contributed by atoms with Crippen molar-refractivity contribution in [1.82, 2.24) is 0 Å². The van der Waals surface area contributed by atoms with Crippen molar-refractivity contribution in [3.8, 4) is 0 Å². The molecular formula is C16H20NO+. The van der Waals surface area contributed by atoms with Crippen molar-refractivity contribution in [1.29, 1.82) is 0 Å². The number of furan rings is 1. The predicted octanol–water partition coefficient (Wildman–Crippen LogP) is 2.70. The van der Waals surface area contributed by atoms with Crippen LogP contribution < -0.4 is 5.32 Å². The van der Waals surface area contributed by atoms with Crippen molar-refractivity contribution >= 4 is 0 Å². The van der Waals surface area contributed by atoms with Crippen molar-refractivity contribution < 1.29 is 9.73 Å². The molecule has 0 spiro atoms. The molecule has 1 atom stereocenters. The quantitative estimate of drug-likeness (QED) is 0.743. The molecule has 0 radical (unpaired) electrons. The molecule has 0 saturated carbocycles. The minimum atomic E-state index is 0.348. The Morgan fingerprint density at radius 3 is 2.67 bits per heavy atom. The molecule has 1 unspecified atom stereocenters. The predicted molar refractivity (Wildman–Crippen MR) is 73.2 cm³/mol. The molecule has 18 heavy (non-hydrogen) atoms. The molecule has 0 aliphatic heterocycles. The molecule has 2 heteroatoms. The maximum atomic E-state index is 5.47. The minimum absolute atomic E-state index is 0.348. The van der Waals surface area contributed by atoms with Gasteiger partial charge in [0, 0.05) is 12.8 Å². The topological polar surface area (TPSA) is 29.8 Å². The highest BCUT2D eigenvalue weighted by molar-refractivity contribution is 5.14. The fourth-order valence-electron chi connectivity index (χ4n) is 2.11. The van der Waals surface area contributed by atoms with Crippen LogP contribution in [0.2, 0.25) is 0 Å². The van der Waals surface area contributed by atoms with Crippen LogP contribution in [0.5, 0.6) is 0 Å². The fraction of sp³-hybridized carbons (Fsp3) is 0.250. The van der Waals surface area contributed by atoms with E-state index in [0.717, 1.165) is 25.1 Å². The van der Waals surface area contributed by atoms with Gasteiger partial charge in [0.25, 0.3) is 0 Å². The molecule has 0 aliphatic carbocycles. The smallest absolute Gasteiger partial charge is 0.161 e. The van der Waals surface area contributed by atoms with E-state index in [1.165, 1.54) is 5.56 Å². The lowest BCUT2D eigenvalue weighted by atomic mass is 10.1. The van der Waals surface area contributed by atoms with Gasteiger partial charge in [-0.15, -0.1) is 6.58 Å². The Hall–Kier alpha value is -1.80. The number of hydrogen-bond acceptors (Lipinski definition) is 1. The Labute approximate surface area is 108 Å². The van der Waals surface area contributed by atoms with Gasteiger partial charge in [-0.25, -0.2) is 0 Å². The van der Waals surface area contributed by atoms with Crippen LogP contribution in [-0.4, -0.2) is 6.54 Å². The molecule has 0 amide bonds. The molecule has 0 bridgehead atoms. The maximum absolute atomic E-state index is 5.47. The molecule has 0 fully saturated rings. The summed E-state index contributed by atoms with van der Waals surface area (Å²) >= 11 is 0. The zero-order valence-electron chi connectivity index (χ0n) is 10.6. The third-order valence-corrected chi connectivity index (χ3v) is 3.06. The third-order valence-electron chi connectivity index (χ3n) is 3.06. The van der Waals surface area contributed by atoms with Crippen LogP contribution in [0.25, 0.3) is 0 Å². The highest BCUT2D eigenvalue weighted by atomic mass is 16.3. The largest absolute Gasteiger partial charge is 0.463 e. The summed E-state index contributed by atoms with van der Waals surface area (Å²) in [5.74, 6) is 1.03. The molecule has 94 valence electrons. The first-order chi connectivity index (χ1) is 8.90. The Morgan fingerprint density at radius 1 is 1.17 bits per heavy atom. The molecule has 1 aromatic carbocycles. The van der Waals surface area contributed by atoms with Crippen molar-refractivity contribution in [3.63, 3.8) is 0 Å². The van der Waals surface area contributed by atoms with E-state index in [1.807, 2.05) is 18.2 Å². The summed E-state index contributed by atoms with van der Waals surface area (Å²) in [5, 5.41) is 2.33. The maximum Gasteiger partial charge on any atom is 0.161 e. The van der Waals surface area contributed by atoms with Gasteiger partial charge in [0.15, 0.2) is 5.76 Å². The third kappa shape index (κ3) is 3.60. The van der Waals surface area contributed by atoms with Gasteiger partial charge in [0.05, 0.1) is 12.8 Å². The Bertz CT molecular complexity index is 447. The van der Waals surface area contributed by atoms with E-state index >= 15 is 0 Å². The molecule has 1 aromatic heterocycles. The summed E-state index contributed by atoms with van der Waals surface area (Å²) in [6.45, 7) is 4.87. The lowest BCUT2D eigenvalue weighted by Crippen LogP contribution is -2.85. The van der Waals surface area contributed by atoms with Crippen LogP contribution in [0.4, 0.5) is 0 Å². The van der Waals surface area contributed by atoms with Gasteiger partial charge in [-0.1, -0.05) is 36.4 Å². The van der Waals surface area contributed by atoms with Gasteiger partial charge < -0.3 is 9.73 Å². The monoisotopic (exact) mass is 242 g/mol. The second-order valence-corrected chi connectivity index (χ2v) is 4.41. The molecule has 1 heterocycles. The molecule has 0 saturated heterocycles. The lowest BCUT2D eigenvalue weighted by molar-refractivity contribution is -0.696.